The van der Waals surface area contributed by atoms with Crippen molar-refractivity contribution in [2.75, 3.05) is 53.1 Å². The SMILES string of the molecule is CCNC(=O)N(CCCN(C)C)C(=O)C1CC2Cc3c(sc(N)c3C#N)CC2N(C)C1. The molecular formula is C22H34N6O2S. The molecule has 0 saturated carbocycles. The molecule has 3 unspecified atom stereocenters. The molecule has 2 aliphatic rings. The van der Waals surface area contributed by atoms with Crippen molar-refractivity contribution >= 4 is 28.3 Å². The number of likely N-dealkylation sites (N-methyl/N-ethyl adjacent to an activating group) is 1. The lowest BCUT2D eigenvalue weighted by molar-refractivity contribution is -0.136. The van der Waals surface area contributed by atoms with Crippen LogP contribution in [0, 0.1) is 23.2 Å². The van der Waals surface area contributed by atoms with Crippen LogP contribution in [0.1, 0.15) is 35.8 Å². The number of nitrogen functional groups attached to an aromatic ring is 1. The summed E-state index contributed by atoms with van der Waals surface area (Å²) in [6.07, 6.45) is 3.12. The van der Waals surface area contributed by atoms with Crippen LogP contribution in [0.15, 0.2) is 0 Å². The zero-order chi connectivity index (χ0) is 22.7. The number of nitrogens with two attached hydrogens (primary N) is 1. The number of carbonyl (C=O) groups is 2. The average Bonchev–Trinajstić information content (AvgIpc) is 3.03. The smallest absolute Gasteiger partial charge is 0.324 e. The number of fused-ring (bicyclic) bond motifs is 2. The van der Waals surface area contributed by atoms with Crippen molar-refractivity contribution in [2.24, 2.45) is 11.8 Å². The minimum atomic E-state index is -0.306. The van der Waals surface area contributed by atoms with Gasteiger partial charge in [0.2, 0.25) is 5.91 Å². The van der Waals surface area contributed by atoms with E-state index in [1.165, 1.54) is 21.1 Å². The number of rotatable bonds is 6. The van der Waals surface area contributed by atoms with E-state index in [-0.39, 0.29) is 23.8 Å². The zero-order valence-electron chi connectivity index (χ0n) is 19.0. The van der Waals surface area contributed by atoms with E-state index in [0.717, 1.165) is 37.8 Å². The van der Waals surface area contributed by atoms with Gasteiger partial charge in [-0.25, -0.2) is 4.79 Å². The van der Waals surface area contributed by atoms with Crippen LogP contribution in [-0.2, 0) is 17.6 Å². The highest BCUT2D eigenvalue weighted by atomic mass is 32.1. The summed E-state index contributed by atoms with van der Waals surface area (Å²) in [5, 5.41) is 12.9. The standard InChI is InChI=1S/C22H34N6O2S/c1-5-25-22(30)28(8-6-7-26(2)3)21(29)15-9-14-10-16-17(12-23)20(24)31-19(16)11-18(14)27(4)13-15/h14-15,18H,5-11,13,24H2,1-4H3,(H,25,30). The largest absolute Gasteiger partial charge is 0.389 e. The number of nitriles is 1. The molecule has 3 amide bonds. The van der Waals surface area contributed by atoms with Crippen LogP contribution in [0.4, 0.5) is 9.80 Å². The van der Waals surface area contributed by atoms with Crippen molar-refractivity contribution in [1.29, 1.82) is 5.26 Å². The van der Waals surface area contributed by atoms with Gasteiger partial charge < -0.3 is 20.9 Å². The number of hydrogen-bond acceptors (Lipinski definition) is 7. The number of piperidine rings is 1. The number of carbonyl (C=O) groups excluding carboxylic acids is 2. The lowest BCUT2D eigenvalue weighted by Gasteiger charge is -2.45. The normalized spacial score (nSPS) is 23.0. The van der Waals surface area contributed by atoms with Crippen molar-refractivity contribution in [3.8, 4) is 6.07 Å². The van der Waals surface area contributed by atoms with Crippen LogP contribution >= 0.6 is 11.3 Å². The Labute approximate surface area is 189 Å². The molecule has 3 atom stereocenters. The van der Waals surface area contributed by atoms with Crippen LogP contribution in [-0.4, -0.2) is 80.0 Å². The third kappa shape index (κ3) is 5.03. The Bertz CT molecular complexity index is 861. The quantitative estimate of drug-likeness (QED) is 0.690. The van der Waals surface area contributed by atoms with Crippen molar-refractivity contribution in [1.82, 2.24) is 20.0 Å². The summed E-state index contributed by atoms with van der Waals surface area (Å²) in [7, 11) is 6.03. The molecule has 1 aromatic rings. The molecule has 3 N–H and O–H groups in total. The van der Waals surface area contributed by atoms with Gasteiger partial charge in [-0.3, -0.25) is 9.69 Å². The Balaban J connectivity index is 1.76. The van der Waals surface area contributed by atoms with Gasteiger partial charge in [-0.15, -0.1) is 11.3 Å². The Morgan fingerprint density at radius 1 is 1.32 bits per heavy atom. The highest BCUT2D eigenvalue weighted by Crippen LogP contribution is 2.42. The summed E-state index contributed by atoms with van der Waals surface area (Å²) in [5.74, 6) is -0.0402. The molecule has 2 heterocycles. The van der Waals surface area contributed by atoms with Crippen molar-refractivity contribution < 1.29 is 9.59 Å². The molecule has 1 aromatic heterocycles. The van der Waals surface area contributed by atoms with Crippen molar-refractivity contribution in [3.05, 3.63) is 16.0 Å². The number of nitrogens with zero attached hydrogens (tertiary/aromatic N) is 4. The molecule has 8 nitrogen and oxygen atoms in total. The Kier molecular flexibility index (Phi) is 7.57. The van der Waals surface area contributed by atoms with E-state index in [2.05, 4.69) is 28.2 Å². The number of thiophene rings is 1. The molecule has 1 aliphatic heterocycles. The molecule has 9 heteroatoms. The van der Waals surface area contributed by atoms with Gasteiger partial charge in [0, 0.05) is 30.6 Å². The summed E-state index contributed by atoms with van der Waals surface area (Å²) in [4.78, 5) is 33.0. The van der Waals surface area contributed by atoms with E-state index in [1.807, 2.05) is 21.0 Å². The van der Waals surface area contributed by atoms with Gasteiger partial charge in [-0.1, -0.05) is 0 Å². The van der Waals surface area contributed by atoms with Crippen molar-refractivity contribution in [2.45, 2.75) is 38.6 Å². The van der Waals surface area contributed by atoms with Gasteiger partial charge in [0.1, 0.15) is 11.1 Å². The van der Waals surface area contributed by atoms with Gasteiger partial charge in [-0.05, 0) is 71.8 Å². The van der Waals surface area contributed by atoms with E-state index < -0.39 is 0 Å². The van der Waals surface area contributed by atoms with E-state index in [9.17, 15) is 14.9 Å². The summed E-state index contributed by atoms with van der Waals surface area (Å²) in [5.41, 5.74) is 7.76. The first-order chi connectivity index (χ1) is 14.8. The molecule has 3 rings (SSSR count). The van der Waals surface area contributed by atoms with E-state index in [0.29, 0.717) is 36.2 Å². The Morgan fingerprint density at radius 2 is 2.06 bits per heavy atom. The topological polar surface area (TPSA) is 106 Å². The van der Waals surface area contributed by atoms with Gasteiger partial charge in [-0.2, -0.15) is 5.26 Å². The monoisotopic (exact) mass is 446 g/mol. The molecule has 0 bridgehead atoms. The minimum Gasteiger partial charge on any atom is -0.389 e. The second-order valence-corrected chi connectivity index (χ2v) is 10.1. The van der Waals surface area contributed by atoms with Gasteiger partial charge >= 0.3 is 6.03 Å². The number of urea groups is 1. The lowest BCUT2D eigenvalue weighted by atomic mass is 9.74. The molecule has 0 radical (unpaired) electrons. The summed E-state index contributed by atoms with van der Waals surface area (Å²) >= 11 is 1.53. The Hall–Kier alpha value is -2.15. The highest BCUT2D eigenvalue weighted by molar-refractivity contribution is 7.16. The molecule has 1 saturated heterocycles. The first-order valence-electron chi connectivity index (χ1n) is 11.0. The third-order valence-corrected chi connectivity index (χ3v) is 7.56. The number of hydrogen-bond donors (Lipinski definition) is 2. The second-order valence-electron chi connectivity index (χ2n) is 8.94. The molecule has 31 heavy (non-hydrogen) atoms. The summed E-state index contributed by atoms with van der Waals surface area (Å²) in [6, 6.07) is 2.30. The van der Waals surface area contributed by atoms with E-state index >= 15 is 0 Å². The fourth-order valence-electron chi connectivity index (χ4n) is 4.97. The molecule has 0 spiro atoms. The summed E-state index contributed by atoms with van der Waals surface area (Å²) in [6.45, 7) is 4.23. The fourth-order valence-corrected chi connectivity index (χ4v) is 6.07. The predicted molar refractivity (Wildman–Crippen MR) is 123 cm³/mol. The maximum Gasteiger partial charge on any atom is 0.324 e. The number of nitrogens with one attached hydrogen (secondary N) is 1. The van der Waals surface area contributed by atoms with Gasteiger partial charge in [0.15, 0.2) is 0 Å². The van der Waals surface area contributed by atoms with Gasteiger partial charge in [0.25, 0.3) is 0 Å². The maximum atomic E-state index is 13.4. The van der Waals surface area contributed by atoms with Crippen LogP contribution in [0.3, 0.4) is 0 Å². The average molecular weight is 447 g/mol. The predicted octanol–water partition coefficient (Wildman–Crippen LogP) is 1.75. The number of anilines is 1. The third-order valence-electron chi connectivity index (χ3n) is 6.47. The van der Waals surface area contributed by atoms with Crippen molar-refractivity contribution in [3.63, 3.8) is 0 Å². The first-order valence-corrected chi connectivity index (χ1v) is 11.8. The van der Waals surface area contributed by atoms with Crippen LogP contribution in [0.5, 0.6) is 0 Å². The lowest BCUT2D eigenvalue weighted by Crippen LogP contribution is -2.55. The molecule has 170 valence electrons. The molecular weight excluding hydrogens is 412 g/mol. The van der Waals surface area contributed by atoms with Crippen LogP contribution in [0.2, 0.25) is 0 Å². The number of likely N-dealkylation sites (tertiary alicyclic amines) is 1. The molecule has 1 aliphatic carbocycles. The fraction of sp³-hybridized carbons (Fsp3) is 0.682. The second kappa shape index (κ2) is 9.98. The first kappa shape index (κ1) is 23.5. The number of imide groups is 1. The van der Waals surface area contributed by atoms with Gasteiger partial charge in [0.05, 0.1) is 11.5 Å². The Morgan fingerprint density at radius 3 is 2.71 bits per heavy atom. The highest BCUT2D eigenvalue weighted by Gasteiger charge is 2.43. The van der Waals surface area contributed by atoms with Crippen LogP contribution in [0.25, 0.3) is 0 Å². The maximum absolute atomic E-state index is 13.4. The van der Waals surface area contributed by atoms with Crippen LogP contribution < -0.4 is 11.1 Å². The molecule has 1 fully saturated rings. The van der Waals surface area contributed by atoms with E-state index in [4.69, 9.17) is 5.73 Å². The number of amides is 3. The molecule has 0 aromatic carbocycles. The zero-order valence-corrected chi connectivity index (χ0v) is 19.8. The van der Waals surface area contributed by atoms with E-state index in [1.54, 1.807) is 0 Å². The summed E-state index contributed by atoms with van der Waals surface area (Å²) < 4.78 is 0. The minimum absolute atomic E-state index is 0.0915.